The lowest BCUT2D eigenvalue weighted by Gasteiger charge is -2.45. The first-order valence-corrected chi connectivity index (χ1v) is 10.3. The number of aromatic nitrogens is 4. The summed E-state index contributed by atoms with van der Waals surface area (Å²) in [6, 6.07) is 8.43. The summed E-state index contributed by atoms with van der Waals surface area (Å²) in [6.45, 7) is 1.95. The number of ether oxygens (including phenoxy) is 1. The van der Waals surface area contributed by atoms with Crippen LogP contribution in [0.3, 0.4) is 0 Å². The van der Waals surface area contributed by atoms with Gasteiger partial charge in [-0.15, -0.1) is 10.2 Å². The second kappa shape index (κ2) is 7.26. The number of phenolic OH excluding ortho intramolecular Hbond substituents is 1. The molecular formula is C22H23F2N5O2. The summed E-state index contributed by atoms with van der Waals surface area (Å²) in [4.78, 5) is 2.14. The lowest BCUT2D eigenvalue weighted by Crippen LogP contribution is -2.60. The third kappa shape index (κ3) is 3.33. The Hall–Kier alpha value is -3.07. The molecule has 0 spiro atoms. The average molecular weight is 427 g/mol. The molecule has 0 radical (unpaired) electrons. The van der Waals surface area contributed by atoms with E-state index in [0.717, 1.165) is 19.0 Å². The molecule has 1 N–H and O–H groups in total. The van der Waals surface area contributed by atoms with Crippen LogP contribution < -0.4 is 4.74 Å². The number of phenols is 1. The first-order valence-electron chi connectivity index (χ1n) is 10.3. The third-order valence-corrected chi connectivity index (χ3v) is 6.75. The number of nitrogens with zero attached hydrogens (tertiary/aromatic N) is 5. The molecule has 1 aromatic carbocycles. The van der Waals surface area contributed by atoms with Gasteiger partial charge in [0.15, 0.2) is 12.0 Å². The van der Waals surface area contributed by atoms with Crippen molar-refractivity contribution in [1.82, 2.24) is 24.9 Å². The van der Waals surface area contributed by atoms with E-state index in [1.54, 1.807) is 24.3 Å². The van der Waals surface area contributed by atoms with Crippen LogP contribution in [0.2, 0.25) is 0 Å². The van der Waals surface area contributed by atoms with Gasteiger partial charge >= 0.3 is 0 Å². The van der Waals surface area contributed by atoms with Gasteiger partial charge in [0, 0.05) is 30.2 Å². The van der Waals surface area contributed by atoms with Crippen molar-refractivity contribution in [1.29, 1.82) is 0 Å². The van der Waals surface area contributed by atoms with Crippen LogP contribution in [0.15, 0.2) is 42.7 Å². The zero-order valence-electron chi connectivity index (χ0n) is 17.2. The van der Waals surface area contributed by atoms with E-state index in [-0.39, 0.29) is 11.6 Å². The number of piperidine rings is 1. The van der Waals surface area contributed by atoms with Crippen LogP contribution in [0.1, 0.15) is 26.2 Å². The van der Waals surface area contributed by atoms with E-state index in [1.165, 1.54) is 16.9 Å². The monoisotopic (exact) mass is 427 g/mol. The van der Waals surface area contributed by atoms with Crippen LogP contribution >= 0.6 is 0 Å². The van der Waals surface area contributed by atoms with Gasteiger partial charge in [0.1, 0.15) is 11.9 Å². The lowest BCUT2D eigenvalue weighted by molar-refractivity contribution is -0.0596. The van der Waals surface area contributed by atoms with E-state index in [4.69, 9.17) is 4.74 Å². The van der Waals surface area contributed by atoms with Crippen molar-refractivity contribution >= 4 is 0 Å². The van der Waals surface area contributed by atoms with Crippen molar-refractivity contribution in [2.24, 2.45) is 0 Å². The van der Waals surface area contributed by atoms with Crippen molar-refractivity contribution in [3.05, 3.63) is 48.5 Å². The standard InChI is InChI=1S/C22H23F2N5O2/c1-22-8-7-14(28(22)2)10-19(21(22)24)31-20-6-5-17(26-27-20)16-4-3-15(9-18(16)30)29-12-13(23)11-25-29/h3-6,9,11-12,14,19,21,30H,7-8,10H2,1-2H3/t14?,19-,21-,22+/m0/s1. The fourth-order valence-corrected chi connectivity index (χ4v) is 4.75. The SMILES string of the molecule is CN1C2CC[C@]1(C)[C@@H](F)[C@@H](Oc1ccc(-c3ccc(-n4cc(F)cn4)cc3O)nn1)C2. The van der Waals surface area contributed by atoms with Gasteiger partial charge in [-0.2, -0.15) is 5.10 Å². The maximum absolute atomic E-state index is 15.2. The fraction of sp³-hybridized carbons (Fsp3) is 0.409. The molecule has 0 saturated carbocycles. The molecule has 1 unspecified atom stereocenters. The number of aromatic hydroxyl groups is 1. The summed E-state index contributed by atoms with van der Waals surface area (Å²) in [5, 5.41) is 22.5. The molecule has 4 heterocycles. The number of rotatable bonds is 4. The van der Waals surface area contributed by atoms with E-state index in [1.807, 2.05) is 14.0 Å². The van der Waals surface area contributed by atoms with E-state index in [0.29, 0.717) is 29.4 Å². The van der Waals surface area contributed by atoms with Crippen LogP contribution in [0.25, 0.3) is 16.9 Å². The minimum absolute atomic E-state index is 0.0417. The maximum atomic E-state index is 15.2. The molecule has 2 saturated heterocycles. The first kappa shape index (κ1) is 19.9. The summed E-state index contributed by atoms with van der Waals surface area (Å²) in [7, 11) is 1.98. The Labute approximate surface area is 178 Å². The molecule has 0 amide bonds. The van der Waals surface area contributed by atoms with Crippen LogP contribution in [0.5, 0.6) is 11.6 Å². The average Bonchev–Trinajstić information content (AvgIpc) is 3.28. The number of benzene rings is 1. The Morgan fingerprint density at radius 1 is 1.23 bits per heavy atom. The van der Waals surface area contributed by atoms with Crippen LogP contribution in [-0.4, -0.2) is 60.9 Å². The second-order valence-corrected chi connectivity index (χ2v) is 8.52. The highest BCUT2D eigenvalue weighted by molar-refractivity contribution is 5.68. The number of alkyl halides is 1. The van der Waals surface area contributed by atoms with Crippen LogP contribution in [-0.2, 0) is 0 Å². The molecule has 162 valence electrons. The van der Waals surface area contributed by atoms with Crippen molar-refractivity contribution in [3.8, 4) is 28.6 Å². The van der Waals surface area contributed by atoms with E-state index >= 15 is 4.39 Å². The molecule has 7 nitrogen and oxygen atoms in total. The maximum Gasteiger partial charge on any atom is 0.233 e. The summed E-state index contributed by atoms with van der Waals surface area (Å²) in [6.07, 6.45) is 3.05. The molecule has 0 aliphatic carbocycles. The minimum Gasteiger partial charge on any atom is -0.507 e. The van der Waals surface area contributed by atoms with Crippen molar-refractivity contribution < 1.29 is 18.6 Å². The smallest absolute Gasteiger partial charge is 0.233 e. The highest BCUT2D eigenvalue weighted by atomic mass is 19.1. The molecule has 2 bridgehead atoms. The zero-order valence-corrected chi connectivity index (χ0v) is 17.2. The Morgan fingerprint density at radius 3 is 2.74 bits per heavy atom. The van der Waals surface area contributed by atoms with Crippen molar-refractivity contribution in [3.63, 3.8) is 0 Å². The van der Waals surface area contributed by atoms with Gasteiger partial charge in [-0.25, -0.2) is 13.5 Å². The largest absolute Gasteiger partial charge is 0.507 e. The Bertz CT molecular complexity index is 1110. The molecule has 2 aromatic heterocycles. The highest BCUT2D eigenvalue weighted by Crippen LogP contribution is 2.45. The molecule has 2 aliphatic rings. The molecule has 31 heavy (non-hydrogen) atoms. The second-order valence-electron chi connectivity index (χ2n) is 8.52. The third-order valence-electron chi connectivity index (χ3n) is 6.75. The Balaban J connectivity index is 1.33. The summed E-state index contributed by atoms with van der Waals surface area (Å²) in [5.41, 5.74) is 0.905. The molecule has 4 atom stereocenters. The molecule has 9 heteroatoms. The van der Waals surface area contributed by atoms with Crippen LogP contribution in [0, 0.1) is 5.82 Å². The summed E-state index contributed by atoms with van der Waals surface area (Å²) in [5.74, 6) is -0.251. The van der Waals surface area contributed by atoms with Gasteiger partial charge in [0.05, 0.1) is 29.3 Å². The van der Waals surface area contributed by atoms with Gasteiger partial charge in [-0.3, -0.25) is 4.90 Å². The van der Waals surface area contributed by atoms with Gasteiger partial charge in [-0.05, 0) is 45.0 Å². The number of hydrogen-bond acceptors (Lipinski definition) is 6. The molecular weight excluding hydrogens is 404 g/mol. The van der Waals surface area contributed by atoms with E-state index in [9.17, 15) is 9.50 Å². The topological polar surface area (TPSA) is 76.3 Å². The first-order chi connectivity index (χ1) is 14.8. The molecule has 3 aromatic rings. The summed E-state index contributed by atoms with van der Waals surface area (Å²) < 4.78 is 35.5. The summed E-state index contributed by atoms with van der Waals surface area (Å²) >= 11 is 0. The molecule has 2 fully saturated rings. The predicted octanol–water partition coefficient (Wildman–Crippen LogP) is 3.52. The number of halogens is 2. The minimum atomic E-state index is -1.11. The van der Waals surface area contributed by atoms with Gasteiger partial charge in [-0.1, -0.05) is 0 Å². The normalized spacial score (nSPS) is 28.1. The van der Waals surface area contributed by atoms with E-state index in [2.05, 4.69) is 20.2 Å². The van der Waals surface area contributed by atoms with E-state index < -0.39 is 23.6 Å². The van der Waals surface area contributed by atoms with Crippen molar-refractivity contribution in [2.75, 3.05) is 7.05 Å². The van der Waals surface area contributed by atoms with Crippen molar-refractivity contribution in [2.45, 2.75) is 50.0 Å². The van der Waals surface area contributed by atoms with Gasteiger partial charge in [0.2, 0.25) is 5.88 Å². The van der Waals surface area contributed by atoms with Gasteiger partial charge < -0.3 is 9.84 Å². The predicted molar refractivity (Wildman–Crippen MR) is 109 cm³/mol. The molecule has 5 rings (SSSR count). The number of fused-ring (bicyclic) bond motifs is 2. The Morgan fingerprint density at radius 2 is 2.06 bits per heavy atom. The zero-order chi connectivity index (χ0) is 21.8. The fourth-order valence-electron chi connectivity index (χ4n) is 4.75. The van der Waals surface area contributed by atoms with Crippen LogP contribution in [0.4, 0.5) is 8.78 Å². The highest BCUT2D eigenvalue weighted by Gasteiger charge is 2.55. The quantitative estimate of drug-likeness (QED) is 0.687. The lowest BCUT2D eigenvalue weighted by atomic mass is 9.87. The number of hydrogen-bond donors (Lipinski definition) is 1. The Kier molecular flexibility index (Phi) is 4.65. The van der Waals surface area contributed by atoms with Gasteiger partial charge in [0.25, 0.3) is 0 Å². The molecule has 2 aliphatic heterocycles.